The number of hydrogen-bond acceptors (Lipinski definition) is 3. The molecule has 0 heterocycles. The van der Waals surface area contributed by atoms with Gasteiger partial charge in [0.15, 0.2) is 0 Å². The van der Waals surface area contributed by atoms with E-state index in [4.69, 9.17) is 9.47 Å². The second-order valence-electron chi connectivity index (χ2n) is 5.11. The normalized spacial score (nSPS) is 20.1. The van der Waals surface area contributed by atoms with Crippen molar-refractivity contribution >= 4 is 0 Å². The average molecular weight is 243 g/mol. The highest BCUT2D eigenvalue weighted by Gasteiger charge is 2.15. The van der Waals surface area contributed by atoms with E-state index in [1.165, 1.54) is 38.5 Å². The van der Waals surface area contributed by atoms with Gasteiger partial charge >= 0.3 is 0 Å². The molecule has 0 amide bonds. The van der Waals surface area contributed by atoms with Gasteiger partial charge in [-0.15, -0.1) is 0 Å². The van der Waals surface area contributed by atoms with Crippen LogP contribution in [0.3, 0.4) is 0 Å². The third kappa shape index (κ3) is 7.74. The minimum Gasteiger partial charge on any atom is -0.385 e. The lowest BCUT2D eigenvalue weighted by molar-refractivity contribution is -0.00879. The Balaban J connectivity index is 2.00. The van der Waals surface area contributed by atoms with Gasteiger partial charge in [-0.05, 0) is 32.7 Å². The van der Waals surface area contributed by atoms with Gasteiger partial charge < -0.3 is 14.8 Å². The molecule has 0 aromatic carbocycles. The molecular weight excluding hydrogens is 214 g/mol. The molecule has 1 atom stereocenters. The molecule has 1 N–H and O–H groups in total. The Bertz CT molecular complexity index is 168. The van der Waals surface area contributed by atoms with Gasteiger partial charge in [-0.2, -0.15) is 0 Å². The molecule has 0 aromatic heterocycles. The Morgan fingerprint density at radius 2 is 1.88 bits per heavy atom. The van der Waals surface area contributed by atoms with E-state index in [2.05, 4.69) is 12.2 Å². The summed E-state index contributed by atoms with van der Waals surface area (Å²) >= 11 is 0. The van der Waals surface area contributed by atoms with Crippen molar-refractivity contribution in [2.75, 3.05) is 26.8 Å². The van der Waals surface area contributed by atoms with Crippen LogP contribution in [0.5, 0.6) is 0 Å². The molecule has 3 nitrogen and oxygen atoms in total. The summed E-state index contributed by atoms with van der Waals surface area (Å²) in [5.74, 6) is 0. The largest absolute Gasteiger partial charge is 0.385 e. The van der Waals surface area contributed by atoms with Crippen molar-refractivity contribution in [3.63, 3.8) is 0 Å². The van der Waals surface area contributed by atoms with Crippen molar-refractivity contribution in [1.82, 2.24) is 5.32 Å². The van der Waals surface area contributed by atoms with Crippen LogP contribution in [-0.2, 0) is 9.47 Å². The van der Waals surface area contributed by atoms with Crippen molar-refractivity contribution in [2.24, 2.45) is 0 Å². The summed E-state index contributed by atoms with van der Waals surface area (Å²) in [4.78, 5) is 0. The Hall–Kier alpha value is -0.120. The lowest BCUT2D eigenvalue weighted by atomic mass is 10.1. The van der Waals surface area contributed by atoms with Gasteiger partial charge in [0.2, 0.25) is 0 Å². The maximum absolute atomic E-state index is 6.08. The minimum absolute atomic E-state index is 0.334. The molecule has 1 unspecified atom stereocenters. The van der Waals surface area contributed by atoms with Crippen LogP contribution in [0.25, 0.3) is 0 Å². The van der Waals surface area contributed by atoms with E-state index < -0.39 is 0 Å². The molecular formula is C14H29NO2. The Labute approximate surface area is 106 Å². The van der Waals surface area contributed by atoms with Crippen LogP contribution in [0, 0.1) is 0 Å². The Morgan fingerprint density at radius 1 is 1.18 bits per heavy atom. The molecule has 102 valence electrons. The van der Waals surface area contributed by atoms with E-state index in [1.807, 2.05) is 0 Å². The molecule has 0 aromatic rings. The van der Waals surface area contributed by atoms with Gasteiger partial charge in [0.25, 0.3) is 0 Å². The summed E-state index contributed by atoms with van der Waals surface area (Å²) in [5, 5.41) is 3.42. The number of rotatable bonds is 8. The zero-order chi connectivity index (χ0) is 12.3. The van der Waals surface area contributed by atoms with E-state index >= 15 is 0 Å². The Morgan fingerprint density at radius 3 is 2.53 bits per heavy atom. The predicted octanol–water partition coefficient (Wildman–Crippen LogP) is 2.74. The second-order valence-corrected chi connectivity index (χ2v) is 5.11. The maximum atomic E-state index is 6.08. The van der Waals surface area contributed by atoms with Crippen molar-refractivity contribution in [2.45, 2.75) is 64.1 Å². The van der Waals surface area contributed by atoms with Gasteiger partial charge in [0.1, 0.15) is 0 Å². The summed E-state index contributed by atoms with van der Waals surface area (Å²) in [7, 11) is 1.75. The summed E-state index contributed by atoms with van der Waals surface area (Å²) in [6.45, 7) is 4.99. The molecule has 17 heavy (non-hydrogen) atoms. The van der Waals surface area contributed by atoms with Gasteiger partial charge in [0, 0.05) is 20.3 Å². The SMILES string of the molecule is COCCCNCC(C)OC1CCCCCC1. The summed E-state index contributed by atoms with van der Waals surface area (Å²) in [6.07, 6.45) is 9.91. The lowest BCUT2D eigenvalue weighted by Crippen LogP contribution is -2.31. The fourth-order valence-corrected chi connectivity index (χ4v) is 2.40. The van der Waals surface area contributed by atoms with Crippen molar-refractivity contribution in [3.05, 3.63) is 0 Å². The molecule has 1 rings (SSSR count). The van der Waals surface area contributed by atoms with Crippen molar-refractivity contribution < 1.29 is 9.47 Å². The average Bonchev–Trinajstić information content (AvgIpc) is 2.57. The van der Waals surface area contributed by atoms with Crippen molar-refractivity contribution in [3.8, 4) is 0 Å². The first kappa shape index (κ1) is 14.9. The highest BCUT2D eigenvalue weighted by atomic mass is 16.5. The first-order valence-electron chi connectivity index (χ1n) is 7.18. The van der Waals surface area contributed by atoms with Crippen LogP contribution in [0.1, 0.15) is 51.9 Å². The molecule has 0 radical (unpaired) electrons. The van der Waals surface area contributed by atoms with Crippen LogP contribution in [0.4, 0.5) is 0 Å². The van der Waals surface area contributed by atoms with E-state index in [-0.39, 0.29) is 0 Å². The molecule has 3 heteroatoms. The zero-order valence-electron chi connectivity index (χ0n) is 11.5. The number of methoxy groups -OCH3 is 1. The van der Waals surface area contributed by atoms with Gasteiger partial charge in [-0.1, -0.05) is 25.7 Å². The van der Waals surface area contributed by atoms with Gasteiger partial charge in [-0.3, -0.25) is 0 Å². The van der Waals surface area contributed by atoms with E-state index in [0.29, 0.717) is 12.2 Å². The standard InChI is InChI=1S/C14H29NO2/c1-13(12-15-10-7-11-16-2)17-14-8-5-3-4-6-9-14/h13-15H,3-12H2,1-2H3. The van der Waals surface area contributed by atoms with Gasteiger partial charge in [0.05, 0.1) is 12.2 Å². The quantitative estimate of drug-likeness (QED) is 0.525. The van der Waals surface area contributed by atoms with Crippen LogP contribution in [-0.4, -0.2) is 39.0 Å². The molecule has 1 fully saturated rings. The zero-order valence-corrected chi connectivity index (χ0v) is 11.5. The number of nitrogens with one attached hydrogen (secondary N) is 1. The summed E-state index contributed by atoms with van der Waals surface area (Å²) in [5.41, 5.74) is 0. The first-order chi connectivity index (χ1) is 8.33. The molecule has 0 bridgehead atoms. The monoisotopic (exact) mass is 243 g/mol. The molecule has 0 spiro atoms. The van der Waals surface area contributed by atoms with Crippen molar-refractivity contribution in [1.29, 1.82) is 0 Å². The Kier molecular flexibility index (Phi) is 8.67. The molecule has 1 saturated carbocycles. The fraction of sp³-hybridized carbons (Fsp3) is 1.00. The molecule has 0 aliphatic heterocycles. The fourth-order valence-electron chi connectivity index (χ4n) is 2.40. The van der Waals surface area contributed by atoms with Crippen LogP contribution in [0.2, 0.25) is 0 Å². The van der Waals surface area contributed by atoms with E-state index in [0.717, 1.165) is 26.1 Å². The molecule has 1 aliphatic carbocycles. The first-order valence-corrected chi connectivity index (χ1v) is 7.18. The number of hydrogen-bond donors (Lipinski definition) is 1. The topological polar surface area (TPSA) is 30.5 Å². The predicted molar refractivity (Wildman–Crippen MR) is 71.4 cm³/mol. The molecule has 1 aliphatic rings. The van der Waals surface area contributed by atoms with Crippen LogP contribution >= 0.6 is 0 Å². The van der Waals surface area contributed by atoms with E-state index in [9.17, 15) is 0 Å². The highest BCUT2D eigenvalue weighted by Crippen LogP contribution is 2.20. The van der Waals surface area contributed by atoms with Crippen LogP contribution in [0.15, 0.2) is 0 Å². The second kappa shape index (κ2) is 9.86. The molecule has 0 saturated heterocycles. The third-order valence-corrected chi connectivity index (χ3v) is 3.36. The van der Waals surface area contributed by atoms with Crippen LogP contribution < -0.4 is 5.32 Å². The smallest absolute Gasteiger partial charge is 0.0675 e. The summed E-state index contributed by atoms with van der Waals surface area (Å²) in [6, 6.07) is 0. The maximum Gasteiger partial charge on any atom is 0.0675 e. The lowest BCUT2D eigenvalue weighted by Gasteiger charge is -2.21. The minimum atomic E-state index is 0.334. The highest BCUT2D eigenvalue weighted by molar-refractivity contribution is 4.67. The van der Waals surface area contributed by atoms with E-state index in [1.54, 1.807) is 7.11 Å². The number of ether oxygens (including phenoxy) is 2. The third-order valence-electron chi connectivity index (χ3n) is 3.36. The van der Waals surface area contributed by atoms with Gasteiger partial charge in [-0.25, -0.2) is 0 Å². The summed E-state index contributed by atoms with van der Waals surface area (Å²) < 4.78 is 11.1.